The topological polar surface area (TPSA) is 62.1 Å². The fourth-order valence-electron chi connectivity index (χ4n) is 2.92. The summed E-state index contributed by atoms with van der Waals surface area (Å²) in [5.41, 5.74) is 4.68. The Balaban J connectivity index is 1.80. The van der Waals surface area contributed by atoms with E-state index in [1.54, 1.807) is 6.08 Å². The summed E-state index contributed by atoms with van der Waals surface area (Å²) in [6.07, 6.45) is 1.60. The standard InChI is InChI=1S/C25H20I2N2O2/c1-16-7-6-10-23(17(16)2)29-25(30)20(14-28)11-19-12-21(26)24(22(27)13-19)31-15-18-8-4-3-5-9-18/h3-13H,15H2,1-2H3,(H,29,30)/b20-11+. The van der Waals surface area contributed by atoms with Gasteiger partial charge in [-0.2, -0.15) is 5.26 Å². The number of nitriles is 1. The quantitative estimate of drug-likeness (QED) is 0.188. The maximum absolute atomic E-state index is 12.7. The molecule has 0 radical (unpaired) electrons. The number of rotatable bonds is 6. The first-order valence-electron chi connectivity index (χ1n) is 9.54. The summed E-state index contributed by atoms with van der Waals surface area (Å²) in [4.78, 5) is 12.7. The molecule has 0 aliphatic rings. The van der Waals surface area contributed by atoms with Gasteiger partial charge in [0.05, 0.1) is 7.14 Å². The van der Waals surface area contributed by atoms with E-state index in [0.717, 1.165) is 35.1 Å². The SMILES string of the molecule is Cc1cccc(NC(=O)/C(C#N)=C/c2cc(I)c(OCc3ccccc3)c(I)c2)c1C. The average Bonchev–Trinajstić information content (AvgIpc) is 2.75. The molecule has 0 heterocycles. The van der Waals surface area contributed by atoms with E-state index in [1.807, 2.05) is 80.6 Å². The minimum Gasteiger partial charge on any atom is -0.487 e. The van der Waals surface area contributed by atoms with Crippen LogP contribution in [0.4, 0.5) is 5.69 Å². The molecule has 0 fully saturated rings. The molecular formula is C25H20I2N2O2. The Bertz CT molecular complexity index is 1160. The third-order valence-electron chi connectivity index (χ3n) is 4.78. The summed E-state index contributed by atoms with van der Waals surface area (Å²) < 4.78 is 7.84. The Morgan fingerprint density at radius 2 is 1.74 bits per heavy atom. The van der Waals surface area contributed by atoms with Gasteiger partial charge in [-0.15, -0.1) is 0 Å². The fourth-order valence-corrected chi connectivity index (χ4v) is 5.05. The number of ether oxygens (including phenoxy) is 1. The van der Waals surface area contributed by atoms with Gasteiger partial charge < -0.3 is 10.1 Å². The molecule has 0 aromatic heterocycles. The molecular weight excluding hydrogens is 614 g/mol. The van der Waals surface area contributed by atoms with Gasteiger partial charge in [0.2, 0.25) is 0 Å². The number of benzene rings is 3. The highest BCUT2D eigenvalue weighted by Gasteiger charge is 2.14. The zero-order valence-corrected chi connectivity index (χ0v) is 21.4. The molecule has 0 atom stereocenters. The highest BCUT2D eigenvalue weighted by atomic mass is 127. The van der Waals surface area contributed by atoms with Gasteiger partial charge in [0.15, 0.2) is 0 Å². The van der Waals surface area contributed by atoms with Crippen molar-refractivity contribution in [1.82, 2.24) is 0 Å². The van der Waals surface area contributed by atoms with Crippen molar-refractivity contribution in [3.05, 3.63) is 95.6 Å². The number of aryl methyl sites for hydroxylation is 1. The van der Waals surface area contributed by atoms with Crippen LogP contribution in [0.5, 0.6) is 5.75 Å². The smallest absolute Gasteiger partial charge is 0.266 e. The van der Waals surface area contributed by atoms with Crippen molar-refractivity contribution in [1.29, 1.82) is 5.26 Å². The zero-order chi connectivity index (χ0) is 22.4. The number of nitrogens with zero attached hydrogens (tertiary/aromatic N) is 1. The minimum absolute atomic E-state index is 0.0467. The summed E-state index contributed by atoms with van der Waals surface area (Å²) >= 11 is 4.43. The first kappa shape index (κ1) is 23.3. The number of hydrogen-bond donors (Lipinski definition) is 1. The average molecular weight is 634 g/mol. The lowest BCUT2D eigenvalue weighted by Crippen LogP contribution is -2.14. The Morgan fingerprint density at radius 1 is 1.06 bits per heavy atom. The van der Waals surface area contributed by atoms with Gasteiger partial charge in [0, 0.05) is 5.69 Å². The second-order valence-corrected chi connectivity index (χ2v) is 9.28. The Labute approximate surface area is 209 Å². The molecule has 31 heavy (non-hydrogen) atoms. The van der Waals surface area contributed by atoms with Crippen molar-refractivity contribution >= 4 is 62.9 Å². The lowest BCUT2D eigenvalue weighted by atomic mass is 10.1. The molecule has 0 spiro atoms. The number of carbonyl (C=O) groups is 1. The van der Waals surface area contributed by atoms with E-state index in [4.69, 9.17) is 4.74 Å². The van der Waals surface area contributed by atoms with E-state index < -0.39 is 5.91 Å². The van der Waals surface area contributed by atoms with Gasteiger partial charge in [-0.25, -0.2) is 0 Å². The van der Waals surface area contributed by atoms with Gasteiger partial charge in [-0.05, 0) is 106 Å². The van der Waals surface area contributed by atoms with Crippen molar-refractivity contribution in [3.8, 4) is 11.8 Å². The van der Waals surface area contributed by atoms with Crippen LogP contribution in [0.1, 0.15) is 22.3 Å². The van der Waals surface area contributed by atoms with E-state index in [-0.39, 0.29) is 5.57 Å². The number of halogens is 2. The van der Waals surface area contributed by atoms with E-state index >= 15 is 0 Å². The molecule has 0 saturated heterocycles. The second-order valence-electron chi connectivity index (χ2n) is 6.96. The van der Waals surface area contributed by atoms with Crippen LogP contribution in [0.3, 0.4) is 0 Å². The van der Waals surface area contributed by atoms with Crippen LogP contribution in [-0.2, 0) is 11.4 Å². The third-order valence-corrected chi connectivity index (χ3v) is 6.38. The number of nitrogens with one attached hydrogen (secondary N) is 1. The predicted octanol–water partition coefficient (Wildman–Crippen LogP) is 6.64. The van der Waals surface area contributed by atoms with Crippen molar-refractivity contribution in [3.63, 3.8) is 0 Å². The molecule has 4 nitrogen and oxygen atoms in total. The van der Waals surface area contributed by atoms with Gasteiger partial charge >= 0.3 is 0 Å². The molecule has 1 N–H and O–H groups in total. The largest absolute Gasteiger partial charge is 0.487 e. The number of amides is 1. The zero-order valence-electron chi connectivity index (χ0n) is 17.1. The molecule has 3 rings (SSSR count). The molecule has 0 saturated carbocycles. The highest BCUT2D eigenvalue weighted by molar-refractivity contribution is 14.1. The van der Waals surface area contributed by atoms with Crippen molar-refractivity contribution in [2.75, 3.05) is 5.32 Å². The van der Waals surface area contributed by atoms with Crippen LogP contribution >= 0.6 is 45.2 Å². The van der Waals surface area contributed by atoms with Crippen LogP contribution in [0.15, 0.2) is 66.2 Å². The predicted molar refractivity (Wildman–Crippen MR) is 141 cm³/mol. The van der Waals surface area contributed by atoms with Gasteiger partial charge in [-0.1, -0.05) is 42.5 Å². The fraction of sp³-hybridized carbons (Fsp3) is 0.120. The molecule has 6 heteroatoms. The monoisotopic (exact) mass is 634 g/mol. The summed E-state index contributed by atoms with van der Waals surface area (Å²) in [6, 6.07) is 21.5. The third kappa shape index (κ3) is 6.08. The van der Waals surface area contributed by atoms with Crippen LogP contribution in [0.25, 0.3) is 6.08 Å². The number of hydrogen-bond acceptors (Lipinski definition) is 3. The number of carbonyl (C=O) groups excluding carboxylic acids is 1. The first-order valence-corrected chi connectivity index (χ1v) is 11.7. The van der Waals surface area contributed by atoms with Crippen LogP contribution in [-0.4, -0.2) is 5.91 Å². The van der Waals surface area contributed by atoms with E-state index in [1.165, 1.54) is 0 Å². The number of anilines is 1. The lowest BCUT2D eigenvalue weighted by Gasteiger charge is -2.12. The summed E-state index contributed by atoms with van der Waals surface area (Å²) in [7, 11) is 0. The van der Waals surface area contributed by atoms with E-state index in [2.05, 4.69) is 50.5 Å². The first-order chi connectivity index (χ1) is 14.9. The van der Waals surface area contributed by atoms with Crippen molar-refractivity contribution < 1.29 is 9.53 Å². The maximum atomic E-state index is 12.7. The van der Waals surface area contributed by atoms with Gasteiger partial charge in [0.1, 0.15) is 24.0 Å². The van der Waals surface area contributed by atoms with Crippen molar-refractivity contribution in [2.24, 2.45) is 0 Å². The molecule has 0 aliphatic heterocycles. The second kappa shape index (κ2) is 10.8. The van der Waals surface area contributed by atoms with Crippen LogP contribution < -0.4 is 10.1 Å². The molecule has 0 aliphatic carbocycles. The molecule has 3 aromatic rings. The van der Waals surface area contributed by atoms with E-state index in [0.29, 0.717) is 12.3 Å². The lowest BCUT2D eigenvalue weighted by molar-refractivity contribution is -0.112. The molecule has 0 bridgehead atoms. The normalized spacial score (nSPS) is 11.0. The Hall–Kier alpha value is -2.38. The van der Waals surface area contributed by atoms with Crippen LogP contribution in [0.2, 0.25) is 0 Å². The molecule has 0 unspecified atom stereocenters. The molecule has 1 amide bonds. The Morgan fingerprint density at radius 3 is 2.39 bits per heavy atom. The summed E-state index contributed by atoms with van der Waals surface area (Å²) in [5.74, 6) is 0.367. The summed E-state index contributed by atoms with van der Waals surface area (Å²) in [6.45, 7) is 4.40. The van der Waals surface area contributed by atoms with Gasteiger partial charge in [-0.3, -0.25) is 4.79 Å². The summed E-state index contributed by atoms with van der Waals surface area (Å²) in [5, 5.41) is 12.4. The highest BCUT2D eigenvalue weighted by Crippen LogP contribution is 2.30. The maximum Gasteiger partial charge on any atom is 0.266 e. The van der Waals surface area contributed by atoms with Gasteiger partial charge in [0.25, 0.3) is 5.91 Å². The molecule has 3 aromatic carbocycles. The van der Waals surface area contributed by atoms with E-state index in [9.17, 15) is 10.1 Å². The minimum atomic E-state index is -0.425. The molecule has 156 valence electrons. The van der Waals surface area contributed by atoms with Crippen molar-refractivity contribution in [2.45, 2.75) is 20.5 Å². The van der Waals surface area contributed by atoms with Crippen LogP contribution in [0, 0.1) is 32.3 Å². The Kier molecular flexibility index (Phi) is 8.09.